The molecule has 162 valence electrons. The van der Waals surface area contributed by atoms with Gasteiger partial charge in [-0.05, 0) is 31.0 Å². The molecule has 1 saturated heterocycles. The number of urea groups is 1. The van der Waals surface area contributed by atoms with E-state index >= 15 is 0 Å². The minimum absolute atomic E-state index is 0.00863. The van der Waals surface area contributed by atoms with Gasteiger partial charge in [-0.2, -0.15) is 0 Å². The number of nitrogens with one attached hydrogen (secondary N) is 2. The van der Waals surface area contributed by atoms with Crippen molar-refractivity contribution < 1.29 is 14.3 Å². The van der Waals surface area contributed by atoms with Gasteiger partial charge in [0.05, 0.1) is 19.4 Å². The van der Waals surface area contributed by atoms with Crippen molar-refractivity contribution in [3.63, 3.8) is 0 Å². The Kier molecular flexibility index (Phi) is 8.41. The average molecular weight is 414 g/mol. The van der Waals surface area contributed by atoms with Crippen molar-refractivity contribution in [3.8, 4) is 17.0 Å². The molecule has 0 atom stereocenters. The highest BCUT2D eigenvalue weighted by Crippen LogP contribution is 2.30. The van der Waals surface area contributed by atoms with Crippen molar-refractivity contribution >= 4 is 6.03 Å². The maximum Gasteiger partial charge on any atom is 0.317 e. The fourth-order valence-corrected chi connectivity index (χ4v) is 3.59. The smallest absolute Gasteiger partial charge is 0.317 e. The summed E-state index contributed by atoms with van der Waals surface area (Å²) in [5.41, 5.74) is 1.82. The number of carbonyl (C=O) groups is 1. The Balaban J connectivity index is 1.51. The van der Waals surface area contributed by atoms with E-state index < -0.39 is 0 Å². The highest BCUT2D eigenvalue weighted by molar-refractivity contribution is 5.74. The van der Waals surface area contributed by atoms with Crippen LogP contribution in [-0.2, 0) is 4.74 Å². The second-order valence-corrected chi connectivity index (χ2v) is 7.24. The molecule has 1 aromatic carbocycles. The number of benzene rings is 1. The largest absolute Gasteiger partial charge is 0.496 e. The Labute approximate surface area is 178 Å². The molecule has 0 spiro atoms. The van der Waals surface area contributed by atoms with E-state index in [-0.39, 0.29) is 11.9 Å². The third-order valence-corrected chi connectivity index (χ3v) is 5.27. The number of likely N-dealkylation sites (tertiary alicyclic amines) is 1. The predicted octanol–water partition coefficient (Wildman–Crippen LogP) is 2.28. The lowest BCUT2D eigenvalue weighted by atomic mass is 9.96. The Hall–Kier alpha value is -2.71. The lowest BCUT2D eigenvalue weighted by Crippen LogP contribution is -2.46. The zero-order valence-corrected chi connectivity index (χ0v) is 17.8. The molecule has 2 amide bonds. The van der Waals surface area contributed by atoms with Crippen molar-refractivity contribution in [3.05, 3.63) is 42.4 Å². The maximum atomic E-state index is 12.4. The van der Waals surface area contributed by atoms with Gasteiger partial charge < -0.3 is 25.0 Å². The minimum Gasteiger partial charge on any atom is -0.496 e. The maximum absolute atomic E-state index is 12.4. The lowest BCUT2D eigenvalue weighted by molar-refractivity contribution is 0.180. The molecule has 1 aliphatic rings. The Morgan fingerprint density at radius 2 is 1.93 bits per heavy atom. The summed E-state index contributed by atoms with van der Waals surface area (Å²) >= 11 is 0. The van der Waals surface area contributed by atoms with E-state index in [1.165, 1.54) is 0 Å². The fraction of sp³-hybridized carbons (Fsp3) is 0.500. The number of rotatable bonds is 9. The molecule has 0 radical (unpaired) electrons. The first-order chi connectivity index (χ1) is 14.7. The third kappa shape index (κ3) is 5.90. The van der Waals surface area contributed by atoms with Crippen molar-refractivity contribution in [2.45, 2.75) is 18.8 Å². The molecule has 0 unspecified atom stereocenters. The Bertz CT molecular complexity index is 809. The number of aromatic nitrogens is 2. The molecule has 3 rings (SSSR count). The molecule has 30 heavy (non-hydrogen) atoms. The topological polar surface area (TPSA) is 88.6 Å². The Morgan fingerprint density at radius 3 is 2.70 bits per heavy atom. The summed E-state index contributed by atoms with van der Waals surface area (Å²) in [6.45, 7) is 4.20. The van der Waals surface area contributed by atoms with Crippen molar-refractivity contribution in [1.82, 2.24) is 25.5 Å². The molecule has 2 heterocycles. The number of amides is 2. The monoisotopic (exact) mass is 413 g/mol. The molecule has 8 nitrogen and oxygen atoms in total. The van der Waals surface area contributed by atoms with Crippen LogP contribution in [0, 0.1) is 0 Å². The van der Waals surface area contributed by atoms with Crippen LogP contribution in [0.2, 0.25) is 0 Å². The van der Waals surface area contributed by atoms with Gasteiger partial charge in [-0.25, -0.2) is 14.8 Å². The molecule has 1 fully saturated rings. The molecule has 2 N–H and O–H groups in total. The van der Waals surface area contributed by atoms with E-state index in [2.05, 4.69) is 15.6 Å². The highest BCUT2D eigenvalue weighted by Gasteiger charge is 2.25. The summed E-state index contributed by atoms with van der Waals surface area (Å²) in [7, 11) is 3.34. The molecule has 1 aromatic heterocycles. The first kappa shape index (κ1) is 22.0. The summed E-state index contributed by atoms with van der Waals surface area (Å²) < 4.78 is 10.4. The van der Waals surface area contributed by atoms with Gasteiger partial charge in [0.25, 0.3) is 0 Å². The molecule has 2 aromatic rings. The van der Waals surface area contributed by atoms with E-state index in [1.807, 2.05) is 35.2 Å². The summed E-state index contributed by atoms with van der Waals surface area (Å²) in [6.07, 6.45) is 3.52. The molecule has 1 aliphatic heterocycles. The summed E-state index contributed by atoms with van der Waals surface area (Å²) in [6, 6.07) is 9.75. The summed E-state index contributed by atoms with van der Waals surface area (Å²) in [5.74, 6) is 1.88. The van der Waals surface area contributed by atoms with Crippen LogP contribution in [0.4, 0.5) is 4.79 Å². The van der Waals surface area contributed by atoms with Gasteiger partial charge in [0.2, 0.25) is 0 Å². The quantitative estimate of drug-likeness (QED) is 0.613. The van der Waals surface area contributed by atoms with Crippen LogP contribution in [0.5, 0.6) is 5.75 Å². The normalized spacial score (nSPS) is 14.5. The number of para-hydroxylation sites is 1. The molecule has 0 saturated carbocycles. The van der Waals surface area contributed by atoms with Gasteiger partial charge in [-0.15, -0.1) is 0 Å². The van der Waals surface area contributed by atoms with Crippen molar-refractivity contribution in [2.75, 3.05) is 53.6 Å². The second kappa shape index (κ2) is 11.5. The van der Waals surface area contributed by atoms with E-state index in [0.717, 1.165) is 48.8 Å². The fourth-order valence-electron chi connectivity index (χ4n) is 3.59. The number of hydrogen-bond donors (Lipinski definition) is 2. The van der Waals surface area contributed by atoms with Gasteiger partial charge in [0.1, 0.15) is 11.6 Å². The highest BCUT2D eigenvalue weighted by atomic mass is 16.5. The minimum atomic E-state index is -0.00863. The van der Waals surface area contributed by atoms with Crippen LogP contribution < -0.4 is 15.4 Å². The predicted molar refractivity (Wildman–Crippen MR) is 116 cm³/mol. The zero-order chi connectivity index (χ0) is 21.2. The van der Waals surface area contributed by atoms with E-state index in [9.17, 15) is 4.79 Å². The SMILES string of the molecule is COCCNCCNC(=O)N1CCC(c2nccc(-c3ccccc3OC)n2)CC1. The molecule has 0 bridgehead atoms. The standard InChI is InChI=1S/C22H31N5O3/c1-29-16-13-23-11-12-25-22(28)27-14-8-17(9-15-27)21-24-10-7-19(26-21)18-5-3-4-6-20(18)30-2/h3-7,10,17,23H,8-9,11-16H2,1-2H3,(H,25,28). The first-order valence-corrected chi connectivity index (χ1v) is 10.4. The Morgan fingerprint density at radius 1 is 1.13 bits per heavy atom. The van der Waals surface area contributed by atoms with Crippen LogP contribution in [-0.4, -0.2) is 74.4 Å². The van der Waals surface area contributed by atoms with Crippen LogP contribution in [0.1, 0.15) is 24.6 Å². The van der Waals surface area contributed by atoms with Gasteiger partial charge in [-0.1, -0.05) is 12.1 Å². The first-order valence-electron chi connectivity index (χ1n) is 10.4. The van der Waals surface area contributed by atoms with Crippen LogP contribution in [0.3, 0.4) is 0 Å². The lowest BCUT2D eigenvalue weighted by Gasteiger charge is -2.31. The number of piperidine rings is 1. The van der Waals surface area contributed by atoms with Gasteiger partial charge in [-0.3, -0.25) is 0 Å². The van der Waals surface area contributed by atoms with Gasteiger partial charge in [0, 0.05) is 57.5 Å². The van der Waals surface area contributed by atoms with Crippen LogP contribution in [0.15, 0.2) is 36.5 Å². The van der Waals surface area contributed by atoms with Gasteiger partial charge in [0.15, 0.2) is 0 Å². The third-order valence-electron chi connectivity index (χ3n) is 5.27. The summed E-state index contributed by atoms with van der Waals surface area (Å²) in [5, 5.41) is 6.18. The molecule has 0 aliphatic carbocycles. The van der Waals surface area contributed by atoms with Gasteiger partial charge >= 0.3 is 6.03 Å². The molecular formula is C22H31N5O3. The number of carbonyl (C=O) groups excluding carboxylic acids is 1. The van der Waals surface area contributed by atoms with Crippen LogP contribution >= 0.6 is 0 Å². The second-order valence-electron chi connectivity index (χ2n) is 7.24. The number of nitrogens with zero attached hydrogens (tertiary/aromatic N) is 3. The van der Waals surface area contributed by atoms with Crippen molar-refractivity contribution in [1.29, 1.82) is 0 Å². The van der Waals surface area contributed by atoms with E-state index in [0.29, 0.717) is 26.2 Å². The molecular weight excluding hydrogens is 382 g/mol. The van der Waals surface area contributed by atoms with E-state index in [4.69, 9.17) is 14.5 Å². The van der Waals surface area contributed by atoms with Crippen LogP contribution in [0.25, 0.3) is 11.3 Å². The number of methoxy groups -OCH3 is 2. The average Bonchev–Trinajstić information content (AvgIpc) is 2.81. The molecule has 8 heteroatoms. The number of hydrogen-bond acceptors (Lipinski definition) is 6. The zero-order valence-electron chi connectivity index (χ0n) is 17.8. The van der Waals surface area contributed by atoms with E-state index in [1.54, 1.807) is 20.4 Å². The van der Waals surface area contributed by atoms with Crippen molar-refractivity contribution in [2.24, 2.45) is 0 Å². The summed E-state index contributed by atoms with van der Waals surface area (Å²) in [4.78, 5) is 23.5. The number of ether oxygens (including phenoxy) is 2.